The average molecular weight is 284 g/mol. The summed E-state index contributed by atoms with van der Waals surface area (Å²) in [6.07, 6.45) is 2.31. The molecule has 1 aromatic carbocycles. The normalized spacial score (nSPS) is 14.9. The Morgan fingerprint density at radius 2 is 2.11 bits per heavy atom. The first-order chi connectivity index (χ1) is 8.59. The Morgan fingerprint density at radius 1 is 1.44 bits per heavy atom. The van der Waals surface area contributed by atoms with Crippen LogP contribution in [0.3, 0.4) is 0 Å². The van der Waals surface area contributed by atoms with Gasteiger partial charge in [0.2, 0.25) is 5.91 Å². The van der Waals surface area contributed by atoms with Crippen molar-refractivity contribution >= 4 is 29.3 Å². The zero-order chi connectivity index (χ0) is 13.1. The molecule has 18 heavy (non-hydrogen) atoms. The molecule has 1 aliphatic carbocycles. The Morgan fingerprint density at radius 3 is 2.67 bits per heavy atom. The quantitative estimate of drug-likeness (QED) is 0.766. The topological polar surface area (TPSA) is 20.3 Å². The van der Waals surface area contributed by atoms with E-state index in [1.54, 1.807) is 0 Å². The molecule has 4 heteroatoms. The Bertz CT molecular complexity index is 430. The van der Waals surface area contributed by atoms with Gasteiger partial charge in [0.25, 0.3) is 0 Å². The summed E-state index contributed by atoms with van der Waals surface area (Å²) in [5.74, 6) is 0.690. The first-order valence-electron chi connectivity index (χ1n) is 6.28. The van der Waals surface area contributed by atoms with Gasteiger partial charge >= 0.3 is 0 Å². The van der Waals surface area contributed by atoms with Crippen molar-refractivity contribution in [1.82, 2.24) is 4.90 Å². The van der Waals surface area contributed by atoms with Gasteiger partial charge in [0.1, 0.15) is 0 Å². The summed E-state index contributed by atoms with van der Waals surface area (Å²) in [5.41, 5.74) is 0. The number of halogens is 1. The minimum atomic E-state index is 0.220. The summed E-state index contributed by atoms with van der Waals surface area (Å²) in [6, 6.07) is 8.42. The zero-order valence-electron chi connectivity index (χ0n) is 10.7. The van der Waals surface area contributed by atoms with Crippen LogP contribution in [0, 0.1) is 0 Å². The summed E-state index contributed by atoms with van der Waals surface area (Å²) >= 11 is 7.60. The van der Waals surface area contributed by atoms with Crippen LogP contribution in [0.25, 0.3) is 0 Å². The van der Waals surface area contributed by atoms with Gasteiger partial charge in [0, 0.05) is 17.0 Å². The van der Waals surface area contributed by atoms with Crippen molar-refractivity contribution < 1.29 is 4.79 Å². The van der Waals surface area contributed by atoms with E-state index in [0.717, 1.165) is 22.8 Å². The molecular weight excluding hydrogens is 266 g/mol. The fraction of sp³-hybridized carbons (Fsp3) is 0.500. The Labute approximate surface area is 118 Å². The SMILES string of the molecule is CC(C)N(C(=O)CSc1ccccc1Cl)C1CC1. The van der Waals surface area contributed by atoms with Crippen molar-refractivity contribution in [3.8, 4) is 0 Å². The average Bonchev–Trinajstić information content (AvgIpc) is 3.12. The van der Waals surface area contributed by atoms with E-state index in [-0.39, 0.29) is 11.9 Å². The molecule has 0 saturated heterocycles. The van der Waals surface area contributed by atoms with E-state index in [1.165, 1.54) is 11.8 Å². The summed E-state index contributed by atoms with van der Waals surface area (Å²) in [6.45, 7) is 4.16. The van der Waals surface area contributed by atoms with Crippen LogP contribution in [0.15, 0.2) is 29.2 Å². The molecule has 98 valence electrons. The van der Waals surface area contributed by atoms with Gasteiger partial charge in [-0.3, -0.25) is 4.79 Å². The van der Waals surface area contributed by atoms with Crippen LogP contribution < -0.4 is 0 Å². The smallest absolute Gasteiger partial charge is 0.233 e. The fourth-order valence-corrected chi connectivity index (χ4v) is 3.15. The number of hydrogen-bond acceptors (Lipinski definition) is 2. The number of amides is 1. The molecule has 1 saturated carbocycles. The minimum Gasteiger partial charge on any atom is -0.337 e. The number of carbonyl (C=O) groups excluding carboxylic acids is 1. The van der Waals surface area contributed by atoms with Crippen LogP contribution >= 0.6 is 23.4 Å². The van der Waals surface area contributed by atoms with Gasteiger partial charge in [-0.2, -0.15) is 0 Å². The van der Waals surface area contributed by atoms with E-state index >= 15 is 0 Å². The Hall–Kier alpha value is -0.670. The number of nitrogens with zero attached hydrogens (tertiary/aromatic N) is 1. The van der Waals surface area contributed by atoms with Crippen LogP contribution in [-0.4, -0.2) is 28.6 Å². The van der Waals surface area contributed by atoms with Gasteiger partial charge in [0.05, 0.1) is 10.8 Å². The number of hydrogen-bond donors (Lipinski definition) is 0. The molecule has 0 N–H and O–H groups in total. The highest BCUT2D eigenvalue weighted by Crippen LogP contribution is 2.31. The first-order valence-corrected chi connectivity index (χ1v) is 7.64. The van der Waals surface area contributed by atoms with Crippen LogP contribution in [-0.2, 0) is 4.79 Å². The lowest BCUT2D eigenvalue weighted by molar-refractivity contribution is -0.130. The number of thioether (sulfide) groups is 1. The minimum absolute atomic E-state index is 0.220. The van der Waals surface area contributed by atoms with Gasteiger partial charge in [-0.25, -0.2) is 0 Å². The monoisotopic (exact) mass is 283 g/mol. The molecule has 2 nitrogen and oxygen atoms in total. The second-order valence-corrected chi connectivity index (χ2v) is 6.27. The molecule has 1 aromatic rings. The van der Waals surface area contributed by atoms with Gasteiger partial charge in [-0.15, -0.1) is 11.8 Å². The molecule has 1 amide bonds. The number of carbonyl (C=O) groups is 1. The maximum atomic E-state index is 12.2. The first kappa shape index (κ1) is 13.8. The van der Waals surface area contributed by atoms with E-state index in [9.17, 15) is 4.79 Å². The fourth-order valence-electron chi connectivity index (χ4n) is 2.04. The highest BCUT2D eigenvalue weighted by Gasteiger charge is 2.33. The molecular formula is C14H18ClNOS. The molecule has 0 bridgehead atoms. The van der Waals surface area contributed by atoms with Crippen molar-refractivity contribution in [2.75, 3.05) is 5.75 Å². The molecule has 0 unspecified atom stereocenters. The van der Waals surface area contributed by atoms with Crippen LogP contribution in [0.5, 0.6) is 0 Å². The van der Waals surface area contributed by atoms with Crippen molar-refractivity contribution in [3.63, 3.8) is 0 Å². The van der Waals surface area contributed by atoms with Crippen molar-refractivity contribution in [2.24, 2.45) is 0 Å². The highest BCUT2D eigenvalue weighted by molar-refractivity contribution is 8.00. The van der Waals surface area contributed by atoms with Gasteiger partial charge in [0.15, 0.2) is 0 Å². The highest BCUT2D eigenvalue weighted by atomic mass is 35.5. The third-order valence-electron chi connectivity index (χ3n) is 2.97. The standard InChI is InChI=1S/C14H18ClNOS/c1-10(2)16(11-7-8-11)14(17)9-18-13-6-4-3-5-12(13)15/h3-6,10-11H,7-9H2,1-2H3. The van der Waals surface area contributed by atoms with E-state index in [2.05, 4.69) is 13.8 Å². The summed E-state index contributed by atoms with van der Waals surface area (Å²) in [7, 11) is 0. The van der Waals surface area contributed by atoms with Gasteiger partial charge in [-0.05, 0) is 38.8 Å². The van der Waals surface area contributed by atoms with Gasteiger partial charge in [-0.1, -0.05) is 23.7 Å². The molecule has 0 heterocycles. The number of rotatable bonds is 5. The second-order valence-electron chi connectivity index (χ2n) is 4.85. The van der Waals surface area contributed by atoms with Crippen molar-refractivity contribution in [2.45, 2.75) is 43.7 Å². The third-order valence-corrected chi connectivity index (χ3v) is 4.47. The van der Waals surface area contributed by atoms with Crippen LogP contribution in [0.2, 0.25) is 5.02 Å². The lowest BCUT2D eigenvalue weighted by Crippen LogP contribution is -2.39. The molecule has 0 atom stereocenters. The van der Waals surface area contributed by atoms with E-state index in [1.807, 2.05) is 29.2 Å². The largest absolute Gasteiger partial charge is 0.337 e. The van der Waals surface area contributed by atoms with Crippen molar-refractivity contribution in [3.05, 3.63) is 29.3 Å². The molecule has 0 aromatic heterocycles. The summed E-state index contributed by atoms with van der Waals surface area (Å²) < 4.78 is 0. The van der Waals surface area contributed by atoms with E-state index in [0.29, 0.717) is 11.8 Å². The molecule has 0 aliphatic heterocycles. The zero-order valence-corrected chi connectivity index (χ0v) is 12.3. The lowest BCUT2D eigenvalue weighted by atomic mass is 10.3. The van der Waals surface area contributed by atoms with E-state index in [4.69, 9.17) is 11.6 Å². The molecule has 0 radical (unpaired) electrons. The molecule has 1 fully saturated rings. The van der Waals surface area contributed by atoms with Gasteiger partial charge < -0.3 is 4.90 Å². The summed E-state index contributed by atoms with van der Waals surface area (Å²) in [5, 5.41) is 0.720. The van der Waals surface area contributed by atoms with Crippen LogP contribution in [0.4, 0.5) is 0 Å². The third kappa shape index (κ3) is 3.42. The molecule has 2 rings (SSSR count). The maximum absolute atomic E-state index is 12.2. The maximum Gasteiger partial charge on any atom is 0.233 e. The predicted molar refractivity (Wildman–Crippen MR) is 77.2 cm³/mol. The summed E-state index contributed by atoms with van der Waals surface area (Å²) in [4.78, 5) is 15.2. The Kier molecular flexibility index (Phi) is 4.57. The predicted octanol–water partition coefficient (Wildman–Crippen LogP) is 3.83. The Balaban J connectivity index is 1.93. The van der Waals surface area contributed by atoms with E-state index < -0.39 is 0 Å². The molecule has 1 aliphatic rings. The van der Waals surface area contributed by atoms with Crippen LogP contribution in [0.1, 0.15) is 26.7 Å². The molecule has 0 spiro atoms. The van der Waals surface area contributed by atoms with Crippen molar-refractivity contribution in [1.29, 1.82) is 0 Å². The second kappa shape index (κ2) is 5.98. The number of benzene rings is 1. The lowest BCUT2D eigenvalue weighted by Gasteiger charge is -2.26.